The van der Waals surface area contributed by atoms with Crippen LogP contribution in [-0.2, 0) is 32.3 Å². The Morgan fingerprint density at radius 1 is 1.10 bits per heavy atom. The van der Waals surface area contributed by atoms with Gasteiger partial charge in [-0.2, -0.15) is 0 Å². The van der Waals surface area contributed by atoms with Gasteiger partial charge in [-0.25, -0.2) is 23.2 Å². The van der Waals surface area contributed by atoms with Crippen LogP contribution in [0.2, 0.25) is 0 Å². The van der Waals surface area contributed by atoms with Crippen LogP contribution in [0.3, 0.4) is 0 Å². The van der Waals surface area contributed by atoms with Crippen LogP contribution in [0, 0.1) is 6.92 Å². The maximum Gasteiger partial charge on any atom is 0.410 e. The van der Waals surface area contributed by atoms with Crippen LogP contribution in [0.4, 0.5) is 10.6 Å². The van der Waals surface area contributed by atoms with E-state index in [2.05, 4.69) is 46.1 Å². The highest BCUT2D eigenvalue weighted by Crippen LogP contribution is 2.38. The highest BCUT2D eigenvalue weighted by molar-refractivity contribution is 7.90. The van der Waals surface area contributed by atoms with Crippen LogP contribution < -0.4 is 4.90 Å². The van der Waals surface area contributed by atoms with Gasteiger partial charge in [-0.3, -0.25) is 0 Å². The Bertz CT molecular complexity index is 1530. The largest absolute Gasteiger partial charge is 0.444 e. The molecule has 5 rings (SSSR count). The molecule has 1 unspecified atom stereocenters. The van der Waals surface area contributed by atoms with Gasteiger partial charge in [0.05, 0.1) is 18.4 Å². The van der Waals surface area contributed by atoms with Gasteiger partial charge in [0.2, 0.25) is 15.0 Å². The van der Waals surface area contributed by atoms with Gasteiger partial charge >= 0.3 is 6.09 Å². The van der Waals surface area contributed by atoms with E-state index in [4.69, 9.17) is 9.47 Å². The number of benzene rings is 2. The molecular formula is C29H36N4O5S. The molecule has 2 aliphatic heterocycles. The maximum atomic E-state index is 12.7. The number of nitrogens with zero attached hydrogens (tertiary/aromatic N) is 4. The summed E-state index contributed by atoms with van der Waals surface area (Å²) in [6.45, 7) is 11.2. The fourth-order valence-electron chi connectivity index (χ4n) is 5.43. The molecule has 3 heterocycles. The molecule has 39 heavy (non-hydrogen) atoms. The zero-order chi connectivity index (χ0) is 28.1. The number of anilines is 1. The minimum atomic E-state index is -3.66. The summed E-state index contributed by atoms with van der Waals surface area (Å²) in [5.74, 6) is 0.560. The zero-order valence-corrected chi connectivity index (χ0v) is 24.2. The van der Waals surface area contributed by atoms with Crippen molar-refractivity contribution in [3.8, 4) is 0 Å². The first kappa shape index (κ1) is 27.3. The maximum absolute atomic E-state index is 12.7. The van der Waals surface area contributed by atoms with Gasteiger partial charge in [-0.1, -0.05) is 36.4 Å². The van der Waals surface area contributed by atoms with E-state index in [0.29, 0.717) is 37.6 Å². The third-order valence-electron chi connectivity index (χ3n) is 7.23. The molecule has 0 bridgehead atoms. The van der Waals surface area contributed by atoms with E-state index >= 15 is 0 Å². The van der Waals surface area contributed by atoms with Crippen molar-refractivity contribution in [2.24, 2.45) is 0 Å². The minimum absolute atomic E-state index is 0.115. The third kappa shape index (κ3) is 5.58. The Morgan fingerprint density at radius 3 is 2.49 bits per heavy atom. The number of carbonyl (C=O) groups excluding carboxylic acids is 1. The number of amides is 1. The minimum Gasteiger partial charge on any atom is -0.444 e. The number of rotatable bonds is 3. The second kappa shape index (κ2) is 10.1. The van der Waals surface area contributed by atoms with Gasteiger partial charge < -0.3 is 19.3 Å². The van der Waals surface area contributed by atoms with E-state index in [9.17, 15) is 13.2 Å². The lowest BCUT2D eigenvalue weighted by Gasteiger charge is -2.42. The van der Waals surface area contributed by atoms with Crippen LogP contribution in [0.1, 0.15) is 56.2 Å². The molecule has 1 saturated heterocycles. The summed E-state index contributed by atoms with van der Waals surface area (Å²) >= 11 is 0. The van der Waals surface area contributed by atoms with E-state index in [1.54, 1.807) is 4.90 Å². The number of piperazine rings is 1. The van der Waals surface area contributed by atoms with Gasteiger partial charge in [0.25, 0.3) is 0 Å². The number of hydrogen-bond acceptors (Lipinski definition) is 8. The van der Waals surface area contributed by atoms with Crippen molar-refractivity contribution < 1.29 is 22.7 Å². The highest BCUT2D eigenvalue weighted by atomic mass is 32.2. The Kier molecular flexibility index (Phi) is 7.05. The Morgan fingerprint density at radius 2 is 1.82 bits per heavy atom. The molecule has 0 aliphatic carbocycles. The van der Waals surface area contributed by atoms with Gasteiger partial charge in [0, 0.05) is 43.9 Å². The number of sulfone groups is 1. The number of aromatic nitrogens is 2. The van der Waals surface area contributed by atoms with E-state index < -0.39 is 15.4 Å². The molecule has 1 amide bonds. The van der Waals surface area contributed by atoms with Gasteiger partial charge in [0.15, 0.2) is 0 Å². The Balaban J connectivity index is 1.48. The van der Waals surface area contributed by atoms with Crippen LogP contribution >= 0.6 is 0 Å². The lowest BCUT2D eigenvalue weighted by atomic mass is 9.92. The molecule has 0 saturated carbocycles. The third-order valence-corrected chi connectivity index (χ3v) is 8.08. The first-order chi connectivity index (χ1) is 18.3. The summed E-state index contributed by atoms with van der Waals surface area (Å²) in [4.78, 5) is 25.5. The predicted molar refractivity (Wildman–Crippen MR) is 150 cm³/mol. The van der Waals surface area contributed by atoms with Gasteiger partial charge in [0.1, 0.15) is 11.4 Å². The molecule has 1 fully saturated rings. The molecule has 0 spiro atoms. The number of carbonyl (C=O) groups is 1. The highest BCUT2D eigenvalue weighted by Gasteiger charge is 2.35. The van der Waals surface area contributed by atoms with Crippen LogP contribution in [0.25, 0.3) is 10.8 Å². The Labute approximate surface area is 230 Å². The standard InChI is InChI=1S/C29H36N4O5S/c1-18-9-7-10-20-11-8-12-21(25(18)20)24-15-23-22(17-37-24)26(31-27(30-23)39(6,35)36)33-14-13-32(16-19(33)2)28(34)38-29(3,4)5/h7-12,19,24H,13-17H2,1-6H3/t19-,24?/m0/s1. The SMILES string of the molecule is Cc1cccc2cccc(C3Cc4nc(S(C)(=O)=O)nc(N5CCN(C(=O)OC(C)(C)C)C[C@@H]5C)c4CO3)c12. The topological polar surface area (TPSA) is 102 Å². The Hall–Kier alpha value is -3.24. The summed E-state index contributed by atoms with van der Waals surface area (Å²) in [6, 6.07) is 12.3. The number of hydrogen-bond donors (Lipinski definition) is 0. The average Bonchev–Trinajstić information content (AvgIpc) is 2.86. The number of ether oxygens (including phenoxy) is 2. The fourth-order valence-corrected chi connectivity index (χ4v) is 5.96. The molecule has 0 N–H and O–H groups in total. The van der Waals surface area contributed by atoms with E-state index in [0.717, 1.165) is 33.7 Å². The quantitative estimate of drug-likeness (QED) is 0.435. The average molecular weight is 553 g/mol. The second-order valence-corrected chi connectivity index (χ2v) is 13.4. The van der Waals surface area contributed by atoms with Crippen molar-refractivity contribution in [2.45, 2.75) is 70.5 Å². The van der Waals surface area contributed by atoms with Crippen LogP contribution in [0.15, 0.2) is 41.6 Å². The van der Waals surface area contributed by atoms with Crippen molar-refractivity contribution in [3.63, 3.8) is 0 Å². The number of aryl methyl sites for hydroxylation is 1. The van der Waals surface area contributed by atoms with Crippen molar-refractivity contribution in [2.75, 3.05) is 30.8 Å². The lowest BCUT2D eigenvalue weighted by molar-refractivity contribution is 0.0210. The molecule has 10 heteroatoms. The molecule has 2 aliphatic rings. The molecule has 3 aromatic rings. The lowest BCUT2D eigenvalue weighted by Crippen LogP contribution is -2.55. The van der Waals surface area contributed by atoms with Gasteiger partial charge in [-0.15, -0.1) is 0 Å². The molecule has 9 nitrogen and oxygen atoms in total. The molecule has 208 valence electrons. The second-order valence-electron chi connectivity index (χ2n) is 11.5. The summed E-state index contributed by atoms with van der Waals surface area (Å²) in [6.07, 6.45) is 0.950. The monoisotopic (exact) mass is 552 g/mol. The van der Waals surface area contributed by atoms with Crippen molar-refractivity contribution in [1.82, 2.24) is 14.9 Å². The van der Waals surface area contributed by atoms with Crippen LogP contribution in [0.5, 0.6) is 0 Å². The van der Waals surface area contributed by atoms with E-state index in [1.807, 2.05) is 39.8 Å². The van der Waals surface area contributed by atoms with Crippen molar-refractivity contribution in [3.05, 3.63) is 58.8 Å². The summed E-state index contributed by atoms with van der Waals surface area (Å²) in [5, 5.41) is 2.10. The normalized spacial score (nSPS) is 20.2. The summed E-state index contributed by atoms with van der Waals surface area (Å²) in [5.41, 5.74) is 3.13. The summed E-state index contributed by atoms with van der Waals surface area (Å²) < 4.78 is 37.2. The van der Waals surface area contributed by atoms with Crippen molar-refractivity contribution >= 4 is 32.5 Å². The number of fused-ring (bicyclic) bond motifs is 2. The van der Waals surface area contributed by atoms with Gasteiger partial charge in [-0.05, 0) is 56.5 Å². The smallest absolute Gasteiger partial charge is 0.410 e. The van der Waals surface area contributed by atoms with E-state index in [1.165, 1.54) is 0 Å². The molecule has 2 aromatic carbocycles. The summed E-state index contributed by atoms with van der Waals surface area (Å²) in [7, 11) is -3.66. The fraction of sp³-hybridized carbons (Fsp3) is 0.483. The molecular weight excluding hydrogens is 516 g/mol. The molecule has 0 radical (unpaired) electrons. The van der Waals surface area contributed by atoms with E-state index in [-0.39, 0.29) is 30.0 Å². The predicted octanol–water partition coefficient (Wildman–Crippen LogP) is 4.60. The molecule has 2 atom stereocenters. The van der Waals surface area contributed by atoms with Crippen LogP contribution in [-0.4, -0.2) is 66.9 Å². The first-order valence-corrected chi connectivity index (χ1v) is 15.2. The zero-order valence-electron chi connectivity index (χ0n) is 23.4. The molecule has 1 aromatic heterocycles. The van der Waals surface area contributed by atoms with Crippen molar-refractivity contribution in [1.29, 1.82) is 0 Å². The first-order valence-electron chi connectivity index (χ1n) is 13.3.